The fourth-order valence-corrected chi connectivity index (χ4v) is 4.16. The number of nitrogens with zero attached hydrogens (tertiary/aromatic N) is 1. The summed E-state index contributed by atoms with van der Waals surface area (Å²) >= 11 is 0. The Morgan fingerprint density at radius 3 is 2.41 bits per heavy atom. The van der Waals surface area contributed by atoms with Crippen LogP contribution in [0.5, 0.6) is 0 Å². The molecule has 5 heteroatoms. The Morgan fingerprint density at radius 2 is 1.78 bits per heavy atom. The van der Waals surface area contributed by atoms with Crippen LogP contribution in [0, 0.1) is 0 Å². The van der Waals surface area contributed by atoms with Crippen molar-refractivity contribution in [1.82, 2.24) is 4.90 Å². The highest BCUT2D eigenvalue weighted by atomic mass is 16.6. The largest absolute Gasteiger partial charge is 0.444 e. The minimum Gasteiger partial charge on any atom is -0.444 e. The third kappa shape index (κ3) is 5.45. The van der Waals surface area contributed by atoms with Gasteiger partial charge in [-0.25, -0.2) is 4.79 Å². The number of nitrogens with two attached hydrogens (primary N) is 1. The second kappa shape index (κ2) is 8.61. The fourth-order valence-electron chi connectivity index (χ4n) is 4.16. The molecule has 1 aromatic carbocycles. The van der Waals surface area contributed by atoms with Crippen LogP contribution in [0.25, 0.3) is 0 Å². The van der Waals surface area contributed by atoms with Crippen LogP contribution in [0.15, 0.2) is 30.3 Å². The molecule has 2 atom stereocenters. The van der Waals surface area contributed by atoms with Crippen molar-refractivity contribution in [2.24, 2.45) is 5.73 Å². The first-order valence-corrected chi connectivity index (χ1v) is 10.3. The van der Waals surface area contributed by atoms with Crippen LogP contribution in [0.4, 0.5) is 4.79 Å². The van der Waals surface area contributed by atoms with Crippen LogP contribution in [0.3, 0.4) is 0 Å². The summed E-state index contributed by atoms with van der Waals surface area (Å²) in [6.07, 6.45) is 5.22. The van der Waals surface area contributed by atoms with Crippen molar-refractivity contribution in [2.45, 2.75) is 82.6 Å². The summed E-state index contributed by atoms with van der Waals surface area (Å²) in [5, 5.41) is 0. The molecule has 0 radical (unpaired) electrons. The molecule has 5 nitrogen and oxygen atoms in total. The number of hydrogen-bond donors (Lipinski definition) is 1. The predicted molar refractivity (Wildman–Crippen MR) is 107 cm³/mol. The molecule has 0 bridgehead atoms. The monoisotopic (exact) mass is 374 g/mol. The Bertz CT molecular complexity index is 606. The summed E-state index contributed by atoms with van der Waals surface area (Å²) in [6, 6.07) is 10.6. The van der Waals surface area contributed by atoms with E-state index in [4.69, 9.17) is 15.2 Å². The number of hydrogen-bond acceptors (Lipinski definition) is 4. The summed E-state index contributed by atoms with van der Waals surface area (Å²) < 4.78 is 11.7. The molecule has 1 aliphatic carbocycles. The van der Waals surface area contributed by atoms with Gasteiger partial charge in [0.15, 0.2) is 0 Å². The Labute approximate surface area is 163 Å². The SMILES string of the molecule is CC(C)(C)OC(=O)N1CC[C@H](N)[C@@H]1CO[C@H]1CC[C@@H](c2ccccc2)CC1. The molecule has 150 valence electrons. The maximum Gasteiger partial charge on any atom is 0.410 e. The minimum absolute atomic E-state index is 0.0434. The van der Waals surface area contributed by atoms with Gasteiger partial charge in [0.05, 0.1) is 18.8 Å². The van der Waals surface area contributed by atoms with E-state index in [1.54, 1.807) is 4.90 Å². The van der Waals surface area contributed by atoms with Gasteiger partial charge in [-0.1, -0.05) is 30.3 Å². The average Bonchev–Trinajstić information content (AvgIpc) is 3.00. The number of likely N-dealkylation sites (tertiary alicyclic amines) is 1. The number of rotatable bonds is 4. The number of amides is 1. The second-order valence-corrected chi connectivity index (χ2v) is 8.91. The molecule has 2 N–H and O–H groups in total. The number of ether oxygens (including phenoxy) is 2. The molecular weight excluding hydrogens is 340 g/mol. The molecule has 0 unspecified atom stereocenters. The van der Waals surface area contributed by atoms with E-state index in [2.05, 4.69) is 30.3 Å². The van der Waals surface area contributed by atoms with Crippen LogP contribution in [0.1, 0.15) is 64.4 Å². The van der Waals surface area contributed by atoms with Gasteiger partial charge >= 0.3 is 6.09 Å². The smallest absolute Gasteiger partial charge is 0.410 e. The summed E-state index contributed by atoms with van der Waals surface area (Å²) in [4.78, 5) is 14.2. The Hall–Kier alpha value is -1.59. The summed E-state index contributed by atoms with van der Waals surface area (Å²) in [7, 11) is 0. The van der Waals surface area contributed by atoms with Gasteiger partial charge in [0.25, 0.3) is 0 Å². The molecule has 0 aromatic heterocycles. The van der Waals surface area contributed by atoms with Gasteiger partial charge in [0.1, 0.15) is 5.60 Å². The van der Waals surface area contributed by atoms with Crippen LogP contribution >= 0.6 is 0 Å². The lowest BCUT2D eigenvalue weighted by Gasteiger charge is -2.33. The molecule has 1 amide bonds. The lowest BCUT2D eigenvalue weighted by Crippen LogP contribution is -2.48. The molecule has 1 saturated carbocycles. The lowest BCUT2D eigenvalue weighted by atomic mass is 9.83. The number of carbonyl (C=O) groups excluding carboxylic acids is 1. The zero-order valence-corrected chi connectivity index (χ0v) is 16.9. The van der Waals surface area contributed by atoms with E-state index in [1.807, 2.05) is 20.8 Å². The van der Waals surface area contributed by atoms with Gasteiger partial charge in [0, 0.05) is 12.6 Å². The molecule has 1 aromatic rings. The van der Waals surface area contributed by atoms with E-state index < -0.39 is 5.60 Å². The van der Waals surface area contributed by atoms with Crippen molar-refractivity contribution >= 4 is 6.09 Å². The summed E-state index contributed by atoms with van der Waals surface area (Å²) in [5.74, 6) is 0.637. The zero-order chi connectivity index (χ0) is 19.4. The molecule has 2 fully saturated rings. The molecule has 1 heterocycles. The molecule has 27 heavy (non-hydrogen) atoms. The number of carbonyl (C=O) groups is 1. The molecule has 3 rings (SSSR count). The molecule has 2 aliphatic rings. The lowest BCUT2D eigenvalue weighted by molar-refractivity contribution is -0.0180. The Balaban J connectivity index is 1.48. The van der Waals surface area contributed by atoms with Crippen LogP contribution in [0.2, 0.25) is 0 Å². The van der Waals surface area contributed by atoms with Crippen molar-refractivity contribution in [1.29, 1.82) is 0 Å². The predicted octanol–water partition coefficient (Wildman–Crippen LogP) is 4.07. The summed E-state index contributed by atoms with van der Waals surface area (Å²) in [6.45, 7) is 6.80. The summed E-state index contributed by atoms with van der Waals surface area (Å²) in [5.41, 5.74) is 7.20. The molecule has 1 aliphatic heterocycles. The molecule has 1 saturated heterocycles. The third-order valence-electron chi connectivity index (χ3n) is 5.67. The van der Waals surface area contributed by atoms with Gasteiger partial charge in [0.2, 0.25) is 0 Å². The van der Waals surface area contributed by atoms with Gasteiger partial charge in [-0.15, -0.1) is 0 Å². The maximum atomic E-state index is 12.5. The zero-order valence-electron chi connectivity index (χ0n) is 16.9. The van der Waals surface area contributed by atoms with E-state index in [0.717, 1.165) is 32.1 Å². The van der Waals surface area contributed by atoms with E-state index in [1.165, 1.54) is 5.56 Å². The van der Waals surface area contributed by atoms with E-state index in [9.17, 15) is 4.79 Å². The van der Waals surface area contributed by atoms with Gasteiger partial charge < -0.3 is 20.1 Å². The van der Waals surface area contributed by atoms with E-state index in [0.29, 0.717) is 19.1 Å². The van der Waals surface area contributed by atoms with Crippen molar-refractivity contribution < 1.29 is 14.3 Å². The first kappa shape index (κ1) is 20.2. The van der Waals surface area contributed by atoms with Crippen LogP contribution in [-0.2, 0) is 9.47 Å². The highest BCUT2D eigenvalue weighted by molar-refractivity contribution is 5.69. The molecule has 0 spiro atoms. The minimum atomic E-state index is -0.495. The van der Waals surface area contributed by atoms with Crippen molar-refractivity contribution in [2.75, 3.05) is 13.2 Å². The van der Waals surface area contributed by atoms with Gasteiger partial charge in [-0.3, -0.25) is 0 Å². The Morgan fingerprint density at radius 1 is 1.11 bits per heavy atom. The van der Waals surface area contributed by atoms with Crippen LogP contribution in [-0.4, -0.2) is 47.9 Å². The quantitative estimate of drug-likeness (QED) is 0.863. The fraction of sp³-hybridized carbons (Fsp3) is 0.682. The maximum absolute atomic E-state index is 12.5. The third-order valence-corrected chi connectivity index (χ3v) is 5.67. The highest BCUT2D eigenvalue weighted by Gasteiger charge is 2.38. The highest BCUT2D eigenvalue weighted by Crippen LogP contribution is 2.34. The first-order chi connectivity index (χ1) is 12.8. The van der Waals surface area contributed by atoms with Gasteiger partial charge in [-0.05, 0) is 64.4 Å². The number of benzene rings is 1. The normalized spacial score (nSPS) is 29.0. The van der Waals surface area contributed by atoms with Crippen LogP contribution < -0.4 is 5.73 Å². The van der Waals surface area contributed by atoms with E-state index in [-0.39, 0.29) is 24.3 Å². The molecular formula is C22H34N2O3. The van der Waals surface area contributed by atoms with Crippen molar-refractivity contribution in [3.05, 3.63) is 35.9 Å². The second-order valence-electron chi connectivity index (χ2n) is 8.91. The average molecular weight is 375 g/mol. The van der Waals surface area contributed by atoms with Crippen molar-refractivity contribution in [3.8, 4) is 0 Å². The van der Waals surface area contributed by atoms with Crippen molar-refractivity contribution in [3.63, 3.8) is 0 Å². The first-order valence-electron chi connectivity index (χ1n) is 10.3. The standard InChI is InChI=1S/C22H34N2O3/c1-22(2,3)27-21(25)24-14-13-19(23)20(24)15-26-18-11-9-17(10-12-18)16-7-5-4-6-8-16/h4-8,17-20H,9-15,23H2,1-3H3/t17-,18+,19-,20-/m0/s1. The topological polar surface area (TPSA) is 64.8 Å². The van der Waals surface area contributed by atoms with Gasteiger partial charge in [-0.2, -0.15) is 0 Å². The Kier molecular flexibility index (Phi) is 6.43. The van der Waals surface area contributed by atoms with E-state index >= 15 is 0 Å².